The highest BCUT2D eigenvalue weighted by Crippen LogP contribution is 2.27. The number of aromatic hydroxyl groups is 1. The van der Waals surface area contributed by atoms with Gasteiger partial charge in [0.25, 0.3) is 10.0 Å². The van der Waals surface area contributed by atoms with Crippen molar-refractivity contribution in [1.29, 1.82) is 0 Å². The van der Waals surface area contributed by atoms with Gasteiger partial charge in [-0.15, -0.1) is 0 Å². The van der Waals surface area contributed by atoms with Crippen molar-refractivity contribution in [2.24, 2.45) is 0 Å². The van der Waals surface area contributed by atoms with E-state index in [2.05, 4.69) is 14.7 Å². The van der Waals surface area contributed by atoms with E-state index in [0.717, 1.165) is 5.56 Å². The lowest BCUT2D eigenvalue weighted by molar-refractivity contribution is 0.475. The number of sulfonamides is 1. The van der Waals surface area contributed by atoms with E-state index in [4.69, 9.17) is 11.6 Å². The summed E-state index contributed by atoms with van der Waals surface area (Å²) < 4.78 is 27.2. The smallest absolute Gasteiger partial charge is 0.264 e. The van der Waals surface area contributed by atoms with Gasteiger partial charge >= 0.3 is 0 Å². The normalized spacial score (nSPS) is 11.2. The fourth-order valence-electron chi connectivity index (χ4n) is 2.05. The molecule has 0 atom stereocenters. The van der Waals surface area contributed by atoms with Gasteiger partial charge in [-0.1, -0.05) is 41.9 Å². The molecule has 0 amide bonds. The third-order valence-electron chi connectivity index (χ3n) is 3.20. The number of rotatable bonds is 4. The van der Waals surface area contributed by atoms with Gasteiger partial charge < -0.3 is 5.11 Å². The minimum atomic E-state index is -3.96. The van der Waals surface area contributed by atoms with Gasteiger partial charge in [0.1, 0.15) is 4.90 Å². The maximum absolute atomic E-state index is 12.5. The van der Waals surface area contributed by atoms with Gasteiger partial charge in [-0.25, -0.2) is 13.4 Å². The number of hydrogen-bond donors (Lipinski definition) is 2. The number of pyridine rings is 2. The maximum Gasteiger partial charge on any atom is 0.264 e. The molecule has 0 saturated heterocycles. The fraction of sp³-hybridized carbons (Fsp3) is 0. The molecule has 2 aromatic heterocycles. The first-order valence-electron chi connectivity index (χ1n) is 6.83. The standard InChI is InChI=1S/C16H12ClN3O3S/c17-13-7-15(21)16(19-9-13)20-24(22,23)14-6-12(8-18-10-14)11-4-2-1-3-5-11/h1-10,21H,(H,19,20). The largest absolute Gasteiger partial charge is 0.504 e. The van der Waals surface area contributed by atoms with Crippen LogP contribution in [-0.4, -0.2) is 23.5 Å². The van der Waals surface area contributed by atoms with Crippen LogP contribution in [0.25, 0.3) is 11.1 Å². The van der Waals surface area contributed by atoms with Crippen molar-refractivity contribution in [3.05, 3.63) is 66.1 Å². The van der Waals surface area contributed by atoms with Gasteiger partial charge in [0, 0.05) is 30.2 Å². The lowest BCUT2D eigenvalue weighted by Crippen LogP contribution is -2.14. The molecule has 1 aromatic carbocycles. The molecule has 24 heavy (non-hydrogen) atoms. The van der Waals surface area contributed by atoms with E-state index in [0.29, 0.717) is 5.56 Å². The van der Waals surface area contributed by atoms with Crippen LogP contribution in [0.4, 0.5) is 5.82 Å². The molecule has 3 aromatic rings. The highest BCUT2D eigenvalue weighted by atomic mass is 35.5. The summed E-state index contributed by atoms with van der Waals surface area (Å²) in [6.07, 6.45) is 4.03. The fourth-order valence-corrected chi connectivity index (χ4v) is 3.21. The van der Waals surface area contributed by atoms with Crippen LogP contribution in [0.15, 0.2) is 66.0 Å². The van der Waals surface area contributed by atoms with E-state index < -0.39 is 10.0 Å². The Morgan fingerprint density at radius 1 is 1.00 bits per heavy atom. The Hall–Kier alpha value is -2.64. The highest BCUT2D eigenvalue weighted by Gasteiger charge is 2.18. The summed E-state index contributed by atoms with van der Waals surface area (Å²) in [5.74, 6) is -0.567. The summed E-state index contributed by atoms with van der Waals surface area (Å²) in [5.41, 5.74) is 1.50. The number of anilines is 1. The van der Waals surface area contributed by atoms with E-state index in [1.807, 2.05) is 30.3 Å². The van der Waals surface area contributed by atoms with Gasteiger partial charge in [0.15, 0.2) is 11.6 Å². The molecule has 0 bridgehead atoms. The first kappa shape index (κ1) is 16.2. The summed E-state index contributed by atoms with van der Waals surface area (Å²) >= 11 is 5.68. The van der Waals surface area contributed by atoms with Crippen molar-refractivity contribution in [3.63, 3.8) is 0 Å². The van der Waals surface area contributed by atoms with Crippen molar-refractivity contribution in [1.82, 2.24) is 9.97 Å². The molecule has 0 fully saturated rings. The van der Waals surface area contributed by atoms with E-state index in [-0.39, 0.29) is 21.5 Å². The van der Waals surface area contributed by atoms with E-state index in [9.17, 15) is 13.5 Å². The summed E-state index contributed by atoms with van der Waals surface area (Å²) in [7, 11) is -3.96. The van der Waals surface area contributed by atoms with Gasteiger partial charge in [0.2, 0.25) is 0 Å². The molecule has 8 heteroatoms. The zero-order valence-corrected chi connectivity index (χ0v) is 13.8. The second kappa shape index (κ2) is 6.46. The Morgan fingerprint density at radius 2 is 1.75 bits per heavy atom. The van der Waals surface area contributed by atoms with Crippen molar-refractivity contribution in [2.75, 3.05) is 4.72 Å². The van der Waals surface area contributed by atoms with Gasteiger partial charge in [-0.2, -0.15) is 0 Å². The topological polar surface area (TPSA) is 92.2 Å². The third kappa shape index (κ3) is 3.47. The predicted octanol–water partition coefficient (Wildman–Crippen LogP) is 3.30. The minimum absolute atomic E-state index is 0.0417. The van der Waals surface area contributed by atoms with Crippen LogP contribution in [0, 0.1) is 0 Å². The van der Waals surface area contributed by atoms with Crippen LogP contribution >= 0.6 is 11.6 Å². The van der Waals surface area contributed by atoms with Crippen LogP contribution < -0.4 is 4.72 Å². The van der Waals surface area contributed by atoms with Crippen LogP contribution in [0.3, 0.4) is 0 Å². The third-order valence-corrected chi connectivity index (χ3v) is 4.71. The zero-order chi connectivity index (χ0) is 17.2. The Labute approximate surface area is 143 Å². The first-order chi connectivity index (χ1) is 11.5. The van der Waals surface area contributed by atoms with Crippen LogP contribution in [0.1, 0.15) is 0 Å². The number of aromatic nitrogens is 2. The Balaban J connectivity index is 1.95. The average Bonchev–Trinajstić information content (AvgIpc) is 2.58. The molecule has 0 unspecified atom stereocenters. The molecule has 2 N–H and O–H groups in total. The first-order valence-corrected chi connectivity index (χ1v) is 8.69. The van der Waals surface area contributed by atoms with Crippen molar-refractivity contribution in [3.8, 4) is 16.9 Å². The lowest BCUT2D eigenvalue weighted by atomic mass is 10.1. The van der Waals surface area contributed by atoms with E-state index in [1.165, 1.54) is 24.5 Å². The highest BCUT2D eigenvalue weighted by molar-refractivity contribution is 7.92. The SMILES string of the molecule is O=S(=O)(Nc1ncc(Cl)cc1O)c1cncc(-c2ccccc2)c1. The lowest BCUT2D eigenvalue weighted by Gasteiger charge is -2.10. The monoisotopic (exact) mass is 361 g/mol. The number of halogens is 1. The van der Waals surface area contributed by atoms with Crippen LogP contribution in [0.2, 0.25) is 5.02 Å². The summed E-state index contributed by atoms with van der Waals surface area (Å²) in [6, 6.07) is 12.0. The van der Waals surface area contributed by atoms with Gasteiger partial charge in [0.05, 0.1) is 5.02 Å². The second-order valence-electron chi connectivity index (χ2n) is 4.90. The minimum Gasteiger partial charge on any atom is -0.504 e. The van der Waals surface area contributed by atoms with Crippen molar-refractivity contribution in [2.45, 2.75) is 4.90 Å². The molecule has 0 radical (unpaired) electrons. The molecule has 122 valence electrons. The number of benzene rings is 1. The molecule has 0 aliphatic rings. The Morgan fingerprint density at radius 3 is 2.46 bits per heavy atom. The average molecular weight is 362 g/mol. The second-order valence-corrected chi connectivity index (χ2v) is 7.02. The molecular formula is C16H12ClN3O3S. The number of hydrogen-bond acceptors (Lipinski definition) is 5. The van der Waals surface area contributed by atoms with Crippen LogP contribution in [-0.2, 0) is 10.0 Å². The number of nitrogens with one attached hydrogen (secondary N) is 1. The van der Waals surface area contributed by atoms with Crippen molar-refractivity contribution >= 4 is 27.4 Å². The van der Waals surface area contributed by atoms with E-state index >= 15 is 0 Å². The Kier molecular flexibility index (Phi) is 4.37. The molecule has 0 spiro atoms. The summed E-state index contributed by atoms with van der Waals surface area (Å²) in [4.78, 5) is 7.72. The summed E-state index contributed by atoms with van der Waals surface area (Å²) in [6.45, 7) is 0. The molecular weight excluding hydrogens is 350 g/mol. The molecule has 0 aliphatic heterocycles. The molecule has 0 aliphatic carbocycles. The van der Waals surface area contributed by atoms with Gasteiger partial charge in [-0.05, 0) is 11.6 Å². The summed E-state index contributed by atoms with van der Waals surface area (Å²) in [5, 5.41) is 9.94. The van der Waals surface area contributed by atoms with E-state index in [1.54, 1.807) is 6.20 Å². The van der Waals surface area contributed by atoms with Gasteiger partial charge in [-0.3, -0.25) is 9.71 Å². The quantitative estimate of drug-likeness (QED) is 0.743. The number of nitrogens with zero attached hydrogens (tertiary/aromatic N) is 2. The predicted molar refractivity (Wildman–Crippen MR) is 91.4 cm³/mol. The molecule has 3 rings (SSSR count). The maximum atomic E-state index is 12.5. The molecule has 6 nitrogen and oxygen atoms in total. The molecule has 0 saturated carbocycles. The molecule has 2 heterocycles. The van der Waals surface area contributed by atoms with Crippen molar-refractivity contribution < 1.29 is 13.5 Å². The van der Waals surface area contributed by atoms with Crippen LogP contribution in [0.5, 0.6) is 5.75 Å². The Bertz CT molecular complexity index is 979. The zero-order valence-electron chi connectivity index (χ0n) is 12.2.